The maximum absolute atomic E-state index is 11.4. The number of aryl methyl sites for hydroxylation is 1. The second kappa shape index (κ2) is 5.71. The average molecular weight is 282 g/mol. The molecule has 1 N–H and O–H groups in total. The zero-order valence-electron chi connectivity index (χ0n) is 10.9. The minimum atomic E-state index is -2.92. The van der Waals surface area contributed by atoms with Gasteiger partial charge in [-0.15, -0.1) is 0 Å². The monoisotopic (exact) mass is 282 g/mol. The van der Waals surface area contributed by atoms with Gasteiger partial charge in [-0.3, -0.25) is 0 Å². The summed E-state index contributed by atoms with van der Waals surface area (Å²) in [6.45, 7) is 2.21. The van der Waals surface area contributed by atoms with Crippen LogP contribution in [0.2, 0.25) is 0 Å². The Morgan fingerprint density at radius 1 is 1.42 bits per heavy atom. The smallest absolute Gasteiger partial charge is 0.150 e. The van der Waals surface area contributed by atoms with Crippen LogP contribution in [0.5, 0.6) is 0 Å². The molecular formula is C13H18N2O3S. The van der Waals surface area contributed by atoms with E-state index in [4.69, 9.17) is 0 Å². The van der Waals surface area contributed by atoms with Crippen LogP contribution in [0.4, 0.5) is 0 Å². The van der Waals surface area contributed by atoms with E-state index >= 15 is 0 Å². The van der Waals surface area contributed by atoms with Crippen molar-refractivity contribution in [1.29, 1.82) is 0 Å². The van der Waals surface area contributed by atoms with Crippen molar-refractivity contribution in [1.82, 2.24) is 9.55 Å². The van der Waals surface area contributed by atoms with E-state index in [1.807, 2.05) is 22.9 Å². The number of aliphatic hydroxyl groups excluding tert-OH is 1. The Morgan fingerprint density at radius 3 is 2.89 bits per heavy atom. The average Bonchev–Trinajstić information content (AvgIpc) is 2.77. The van der Waals surface area contributed by atoms with Crippen LogP contribution in [0.25, 0.3) is 11.0 Å². The first-order chi connectivity index (χ1) is 9.07. The van der Waals surface area contributed by atoms with E-state index < -0.39 is 9.84 Å². The maximum Gasteiger partial charge on any atom is 0.150 e. The molecule has 0 aromatic carbocycles. The van der Waals surface area contributed by atoms with E-state index in [-0.39, 0.29) is 18.1 Å². The summed E-state index contributed by atoms with van der Waals surface area (Å²) in [6, 6.07) is 3.74. The van der Waals surface area contributed by atoms with Crippen molar-refractivity contribution in [2.75, 3.05) is 11.5 Å². The van der Waals surface area contributed by atoms with Crippen LogP contribution in [0.1, 0.15) is 18.9 Å². The third-order valence-corrected chi connectivity index (χ3v) is 4.97. The molecule has 0 amide bonds. The highest BCUT2D eigenvalue weighted by atomic mass is 32.2. The fourth-order valence-corrected chi connectivity index (χ4v) is 2.95. The van der Waals surface area contributed by atoms with Crippen molar-refractivity contribution < 1.29 is 13.5 Å². The molecule has 0 aliphatic rings. The lowest BCUT2D eigenvalue weighted by Gasteiger charge is -2.04. The Morgan fingerprint density at radius 2 is 2.21 bits per heavy atom. The molecule has 104 valence electrons. The van der Waals surface area contributed by atoms with Gasteiger partial charge in [-0.2, -0.15) is 0 Å². The summed E-state index contributed by atoms with van der Waals surface area (Å²) in [5, 5.41) is 10.2. The Kier molecular flexibility index (Phi) is 4.21. The first-order valence-electron chi connectivity index (χ1n) is 6.31. The number of nitrogens with zero attached hydrogens (tertiary/aromatic N) is 2. The second-order valence-electron chi connectivity index (χ2n) is 4.47. The minimum absolute atomic E-state index is 0.0392. The van der Waals surface area contributed by atoms with Gasteiger partial charge in [-0.05, 0) is 18.6 Å². The van der Waals surface area contributed by atoms with Crippen LogP contribution >= 0.6 is 0 Å². The number of hydrogen-bond acceptors (Lipinski definition) is 4. The normalized spacial score (nSPS) is 12.1. The van der Waals surface area contributed by atoms with E-state index in [0.29, 0.717) is 13.0 Å². The van der Waals surface area contributed by atoms with Gasteiger partial charge in [0.25, 0.3) is 0 Å². The predicted octanol–water partition coefficient (Wildman–Crippen LogP) is 1.35. The molecule has 6 heteroatoms. The van der Waals surface area contributed by atoms with E-state index in [1.165, 1.54) is 0 Å². The van der Waals surface area contributed by atoms with Crippen LogP contribution in [-0.4, -0.2) is 34.6 Å². The van der Waals surface area contributed by atoms with Crippen molar-refractivity contribution in [3.8, 4) is 0 Å². The Bertz CT molecular complexity index is 662. The summed E-state index contributed by atoms with van der Waals surface area (Å²) < 4.78 is 24.8. The maximum atomic E-state index is 11.4. The summed E-state index contributed by atoms with van der Waals surface area (Å²) >= 11 is 0. The van der Waals surface area contributed by atoms with Crippen LogP contribution in [0.3, 0.4) is 0 Å². The quantitative estimate of drug-likeness (QED) is 0.868. The Hall–Kier alpha value is -1.40. The minimum Gasteiger partial charge on any atom is -0.392 e. The molecule has 0 saturated carbocycles. The zero-order valence-corrected chi connectivity index (χ0v) is 11.7. The number of aromatic nitrogens is 2. The molecule has 0 fully saturated rings. The fraction of sp³-hybridized carbons (Fsp3) is 0.462. The van der Waals surface area contributed by atoms with E-state index in [2.05, 4.69) is 4.98 Å². The van der Waals surface area contributed by atoms with Crippen molar-refractivity contribution in [3.63, 3.8) is 0 Å². The van der Waals surface area contributed by atoms with E-state index in [9.17, 15) is 13.5 Å². The highest BCUT2D eigenvalue weighted by molar-refractivity contribution is 7.91. The molecule has 0 saturated heterocycles. The largest absolute Gasteiger partial charge is 0.392 e. The summed E-state index contributed by atoms with van der Waals surface area (Å²) in [7, 11) is -2.92. The zero-order chi connectivity index (χ0) is 13.9. The van der Waals surface area contributed by atoms with Gasteiger partial charge in [-0.25, -0.2) is 13.4 Å². The summed E-state index contributed by atoms with van der Waals surface area (Å²) in [4.78, 5) is 4.29. The third kappa shape index (κ3) is 3.13. The molecule has 2 aromatic rings. The van der Waals surface area contributed by atoms with E-state index in [0.717, 1.165) is 16.6 Å². The summed E-state index contributed by atoms with van der Waals surface area (Å²) in [5.41, 5.74) is 1.61. The SMILES string of the molecule is CCS(=O)(=O)CCCn1cc(CO)c2cccnc21. The first kappa shape index (κ1) is 14.0. The third-order valence-electron chi connectivity index (χ3n) is 3.18. The summed E-state index contributed by atoms with van der Waals surface area (Å²) in [5.74, 6) is 0.365. The lowest BCUT2D eigenvalue weighted by atomic mass is 10.2. The highest BCUT2D eigenvalue weighted by Crippen LogP contribution is 2.19. The number of hydrogen-bond donors (Lipinski definition) is 1. The Balaban J connectivity index is 2.17. The molecule has 0 unspecified atom stereocenters. The molecule has 19 heavy (non-hydrogen) atoms. The number of rotatable bonds is 6. The van der Waals surface area contributed by atoms with Gasteiger partial charge in [-0.1, -0.05) is 6.92 Å². The van der Waals surface area contributed by atoms with Crippen LogP contribution in [-0.2, 0) is 23.0 Å². The molecule has 0 atom stereocenters. The highest BCUT2D eigenvalue weighted by Gasteiger charge is 2.10. The number of sulfone groups is 1. The molecular weight excluding hydrogens is 264 g/mol. The van der Waals surface area contributed by atoms with Gasteiger partial charge in [0.1, 0.15) is 15.5 Å². The first-order valence-corrected chi connectivity index (χ1v) is 8.13. The number of pyridine rings is 1. The van der Waals surface area contributed by atoms with E-state index in [1.54, 1.807) is 13.1 Å². The predicted molar refractivity (Wildman–Crippen MR) is 74.6 cm³/mol. The van der Waals surface area contributed by atoms with Gasteiger partial charge in [0.05, 0.1) is 12.4 Å². The van der Waals surface area contributed by atoms with Crippen molar-refractivity contribution >= 4 is 20.9 Å². The van der Waals surface area contributed by atoms with Crippen LogP contribution in [0, 0.1) is 0 Å². The topological polar surface area (TPSA) is 72.2 Å². The summed E-state index contributed by atoms with van der Waals surface area (Å²) in [6.07, 6.45) is 4.10. The number of aliphatic hydroxyl groups is 1. The lowest BCUT2D eigenvalue weighted by Crippen LogP contribution is -2.11. The Labute approximate surface area is 112 Å². The van der Waals surface area contributed by atoms with Gasteiger partial charge < -0.3 is 9.67 Å². The van der Waals surface area contributed by atoms with Crippen molar-refractivity contribution in [2.45, 2.75) is 26.5 Å². The molecule has 2 aromatic heterocycles. The molecule has 5 nitrogen and oxygen atoms in total. The van der Waals surface area contributed by atoms with Crippen LogP contribution < -0.4 is 0 Å². The van der Waals surface area contributed by atoms with Gasteiger partial charge >= 0.3 is 0 Å². The van der Waals surface area contributed by atoms with Crippen molar-refractivity contribution in [3.05, 3.63) is 30.1 Å². The standard InChI is InChI=1S/C13H18N2O3S/c1-2-19(17,18)8-4-7-15-9-11(10-16)12-5-3-6-14-13(12)15/h3,5-6,9,16H,2,4,7-8,10H2,1H3. The van der Waals surface area contributed by atoms with Crippen LogP contribution in [0.15, 0.2) is 24.5 Å². The molecule has 0 spiro atoms. The number of fused-ring (bicyclic) bond motifs is 1. The van der Waals surface area contributed by atoms with Gasteiger partial charge in [0, 0.05) is 35.6 Å². The van der Waals surface area contributed by atoms with Gasteiger partial charge in [0.15, 0.2) is 0 Å². The molecule has 0 aliphatic heterocycles. The molecule has 0 radical (unpaired) electrons. The fourth-order valence-electron chi connectivity index (χ4n) is 2.09. The lowest BCUT2D eigenvalue weighted by molar-refractivity contribution is 0.283. The van der Waals surface area contributed by atoms with Crippen molar-refractivity contribution in [2.24, 2.45) is 0 Å². The second-order valence-corrected chi connectivity index (χ2v) is 6.94. The van der Waals surface area contributed by atoms with Gasteiger partial charge in [0.2, 0.25) is 0 Å². The molecule has 0 aliphatic carbocycles. The molecule has 2 rings (SSSR count). The molecule has 2 heterocycles. The molecule has 0 bridgehead atoms.